The van der Waals surface area contributed by atoms with E-state index in [0.717, 1.165) is 5.75 Å². The van der Waals surface area contributed by atoms with Crippen molar-refractivity contribution in [1.82, 2.24) is 20.1 Å². The highest BCUT2D eigenvalue weighted by Crippen LogP contribution is 2.13. The van der Waals surface area contributed by atoms with Crippen LogP contribution in [0, 0.1) is 12.8 Å². The van der Waals surface area contributed by atoms with Crippen LogP contribution in [0.2, 0.25) is 0 Å². The van der Waals surface area contributed by atoms with Crippen LogP contribution in [0.4, 0.5) is 0 Å². The van der Waals surface area contributed by atoms with E-state index in [1.807, 2.05) is 45.0 Å². The molecule has 0 unspecified atom stereocenters. The number of aryl methyl sites for hydroxylation is 1. The summed E-state index contributed by atoms with van der Waals surface area (Å²) < 4.78 is 7.41. The van der Waals surface area contributed by atoms with E-state index < -0.39 is 0 Å². The van der Waals surface area contributed by atoms with Gasteiger partial charge in [0.15, 0.2) is 0 Å². The molecule has 2 rings (SSSR count). The maximum atomic E-state index is 12.0. The van der Waals surface area contributed by atoms with E-state index in [1.165, 1.54) is 11.9 Å². The van der Waals surface area contributed by atoms with Crippen molar-refractivity contribution in [3.05, 3.63) is 42.5 Å². The zero-order chi connectivity index (χ0) is 15.9. The van der Waals surface area contributed by atoms with Crippen molar-refractivity contribution in [1.29, 1.82) is 0 Å². The van der Waals surface area contributed by atoms with Gasteiger partial charge in [0.2, 0.25) is 5.91 Å². The van der Waals surface area contributed by atoms with Crippen molar-refractivity contribution in [3.8, 4) is 5.75 Å². The molecule has 118 valence electrons. The monoisotopic (exact) mass is 302 g/mol. The average Bonchev–Trinajstić information content (AvgIpc) is 3.00. The highest BCUT2D eigenvalue weighted by molar-refractivity contribution is 5.78. The molecule has 2 aromatic rings. The number of ether oxygens (including phenoxy) is 1. The van der Waals surface area contributed by atoms with E-state index in [4.69, 9.17) is 4.74 Å². The fourth-order valence-corrected chi connectivity index (χ4v) is 2.00. The second-order valence-electron chi connectivity index (χ2n) is 5.51. The fraction of sp³-hybridized carbons (Fsp3) is 0.438. The number of nitrogens with one attached hydrogen (secondary N) is 1. The number of carbonyl (C=O) groups is 1. The van der Waals surface area contributed by atoms with E-state index in [-0.39, 0.29) is 17.9 Å². The number of amides is 1. The third kappa shape index (κ3) is 4.87. The molecular weight excluding hydrogens is 280 g/mol. The van der Waals surface area contributed by atoms with Gasteiger partial charge in [0.05, 0.1) is 19.0 Å². The number of hydrogen-bond donors (Lipinski definition) is 1. The van der Waals surface area contributed by atoms with Gasteiger partial charge in [0.1, 0.15) is 24.5 Å². The summed E-state index contributed by atoms with van der Waals surface area (Å²) in [7, 11) is 0. The van der Waals surface area contributed by atoms with E-state index in [1.54, 1.807) is 11.0 Å². The van der Waals surface area contributed by atoms with Crippen molar-refractivity contribution in [2.45, 2.75) is 33.4 Å². The molecule has 0 aliphatic rings. The van der Waals surface area contributed by atoms with Crippen LogP contribution in [0.5, 0.6) is 5.75 Å². The van der Waals surface area contributed by atoms with E-state index in [0.29, 0.717) is 13.1 Å². The Morgan fingerprint density at radius 3 is 2.68 bits per heavy atom. The molecular formula is C16H22N4O2. The number of carbonyl (C=O) groups excluding carboxylic acids is 1. The molecule has 0 saturated carbocycles. The number of hydrogen-bond acceptors (Lipinski definition) is 4. The molecule has 1 N–H and O–H groups in total. The second kappa shape index (κ2) is 7.59. The molecule has 1 aromatic heterocycles. The first-order valence-corrected chi connectivity index (χ1v) is 7.38. The molecule has 6 nitrogen and oxygen atoms in total. The minimum Gasteiger partial charge on any atom is -0.489 e. The Morgan fingerprint density at radius 2 is 2.05 bits per heavy atom. The Kier molecular flexibility index (Phi) is 5.52. The van der Waals surface area contributed by atoms with Gasteiger partial charge in [-0.3, -0.25) is 9.48 Å². The van der Waals surface area contributed by atoms with Crippen LogP contribution in [0.3, 0.4) is 0 Å². The SMILES string of the molecule is Cc1ccc(O[C@@H](C)CNC(=O)[C@@H](C)Cn2cncn2)cc1. The van der Waals surface area contributed by atoms with Crippen molar-refractivity contribution < 1.29 is 9.53 Å². The van der Waals surface area contributed by atoms with Gasteiger partial charge in [-0.15, -0.1) is 0 Å². The largest absolute Gasteiger partial charge is 0.489 e. The molecule has 0 aliphatic carbocycles. The van der Waals surface area contributed by atoms with E-state index in [2.05, 4.69) is 15.4 Å². The van der Waals surface area contributed by atoms with Gasteiger partial charge in [-0.2, -0.15) is 5.10 Å². The van der Waals surface area contributed by atoms with E-state index >= 15 is 0 Å². The third-order valence-corrected chi connectivity index (χ3v) is 3.30. The Bertz CT molecular complexity index is 581. The van der Waals surface area contributed by atoms with Crippen molar-refractivity contribution in [3.63, 3.8) is 0 Å². The summed E-state index contributed by atoms with van der Waals surface area (Å²) in [6.45, 7) is 6.81. The summed E-state index contributed by atoms with van der Waals surface area (Å²) in [6, 6.07) is 7.86. The number of rotatable bonds is 7. The summed E-state index contributed by atoms with van der Waals surface area (Å²) in [6.07, 6.45) is 2.97. The molecule has 0 fully saturated rings. The molecule has 22 heavy (non-hydrogen) atoms. The Morgan fingerprint density at radius 1 is 1.32 bits per heavy atom. The summed E-state index contributed by atoms with van der Waals surface area (Å²) >= 11 is 0. The molecule has 0 radical (unpaired) electrons. The molecule has 0 saturated heterocycles. The lowest BCUT2D eigenvalue weighted by molar-refractivity contribution is -0.125. The fourth-order valence-electron chi connectivity index (χ4n) is 2.00. The standard InChI is InChI=1S/C16H22N4O2/c1-12-4-6-15(7-5-12)22-14(3)8-18-16(21)13(2)9-20-11-17-10-19-20/h4-7,10-11,13-14H,8-9H2,1-3H3,(H,18,21)/t13-,14-/m0/s1. The molecule has 0 bridgehead atoms. The normalized spacial score (nSPS) is 13.4. The van der Waals surface area contributed by atoms with Crippen molar-refractivity contribution in [2.24, 2.45) is 5.92 Å². The summed E-state index contributed by atoms with van der Waals surface area (Å²) in [4.78, 5) is 15.9. The number of aromatic nitrogens is 3. The van der Waals surface area contributed by atoms with Crippen molar-refractivity contribution in [2.75, 3.05) is 6.54 Å². The topological polar surface area (TPSA) is 69.0 Å². The number of nitrogens with zero attached hydrogens (tertiary/aromatic N) is 3. The minimum atomic E-state index is -0.173. The zero-order valence-corrected chi connectivity index (χ0v) is 13.2. The molecule has 0 spiro atoms. The van der Waals surface area contributed by atoms with Gasteiger partial charge in [0.25, 0.3) is 0 Å². The van der Waals surface area contributed by atoms with Crippen LogP contribution in [-0.4, -0.2) is 33.3 Å². The predicted octanol–water partition coefficient (Wildman–Crippen LogP) is 1.81. The molecule has 6 heteroatoms. The molecule has 1 aromatic carbocycles. The zero-order valence-electron chi connectivity index (χ0n) is 13.2. The highest BCUT2D eigenvalue weighted by atomic mass is 16.5. The molecule has 0 aliphatic heterocycles. The van der Waals surface area contributed by atoms with Gasteiger partial charge in [-0.05, 0) is 26.0 Å². The first-order valence-electron chi connectivity index (χ1n) is 7.38. The maximum Gasteiger partial charge on any atom is 0.224 e. The smallest absolute Gasteiger partial charge is 0.224 e. The predicted molar refractivity (Wildman–Crippen MR) is 83.5 cm³/mol. The minimum absolute atomic E-state index is 0.0187. The molecule has 2 atom stereocenters. The third-order valence-electron chi connectivity index (χ3n) is 3.30. The van der Waals surface area contributed by atoms with Crippen LogP contribution in [0.15, 0.2) is 36.9 Å². The Labute approximate surface area is 130 Å². The second-order valence-corrected chi connectivity index (χ2v) is 5.51. The van der Waals surface area contributed by atoms with Crippen LogP contribution >= 0.6 is 0 Å². The first-order chi connectivity index (χ1) is 10.5. The van der Waals surface area contributed by atoms with Gasteiger partial charge in [-0.25, -0.2) is 4.98 Å². The van der Waals surface area contributed by atoms with Crippen molar-refractivity contribution >= 4 is 5.91 Å². The van der Waals surface area contributed by atoms with Crippen LogP contribution in [0.25, 0.3) is 0 Å². The first kappa shape index (κ1) is 16.0. The maximum absolute atomic E-state index is 12.0. The average molecular weight is 302 g/mol. The quantitative estimate of drug-likeness (QED) is 0.847. The van der Waals surface area contributed by atoms with Gasteiger partial charge in [0, 0.05) is 0 Å². The Balaban J connectivity index is 1.74. The lowest BCUT2D eigenvalue weighted by Gasteiger charge is -2.17. The Hall–Kier alpha value is -2.37. The van der Waals surface area contributed by atoms with Crippen LogP contribution in [0.1, 0.15) is 19.4 Å². The highest BCUT2D eigenvalue weighted by Gasteiger charge is 2.15. The van der Waals surface area contributed by atoms with Crippen LogP contribution in [-0.2, 0) is 11.3 Å². The van der Waals surface area contributed by atoms with Gasteiger partial charge in [-0.1, -0.05) is 24.6 Å². The number of benzene rings is 1. The molecule has 1 heterocycles. The lowest BCUT2D eigenvalue weighted by atomic mass is 10.1. The van der Waals surface area contributed by atoms with Crippen LogP contribution < -0.4 is 10.1 Å². The van der Waals surface area contributed by atoms with E-state index in [9.17, 15) is 4.79 Å². The summed E-state index contributed by atoms with van der Waals surface area (Å²) in [5.74, 6) is 0.617. The molecule has 1 amide bonds. The summed E-state index contributed by atoms with van der Waals surface area (Å²) in [5, 5.41) is 6.90. The lowest BCUT2D eigenvalue weighted by Crippen LogP contribution is -2.37. The van der Waals surface area contributed by atoms with Gasteiger partial charge < -0.3 is 10.1 Å². The van der Waals surface area contributed by atoms with Gasteiger partial charge >= 0.3 is 0 Å². The summed E-state index contributed by atoms with van der Waals surface area (Å²) in [5.41, 5.74) is 1.19.